The third-order valence-corrected chi connectivity index (χ3v) is 2.98. The minimum atomic E-state index is -0.294. The number of rotatable bonds is 9. The summed E-state index contributed by atoms with van der Waals surface area (Å²) in [4.78, 5) is 14.1. The van der Waals surface area contributed by atoms with Gasteiger partial charge in [-0.25, -0.2) is 0 Å². The Hall–Kier alpha value is -1.43. The van der Waals surface area contributed by atoms with Crippen LogP contribution in [0.4, 0.5) is 0 Å². The van der Waals surface area contributed by atoms with Crippen molar-refractivity contribution in [3.05, 3.63) is 35.9 Å². The third kappa shape index (κ3) is 6.14. The van der Waals surface area contributed by atoms with Gasteiger partial charge >= 0.3 is 0 Å². The largest absolute Gasteiger partial charge is 0.378 e. The zero-order valence-electron chi connectivity index (χ0n) is 12.3. The van der Waals surface area contributed by atoms with Crippen molar-refractivity contribution in [2.24, 2.45) is 5.73 Å². The third-order valence-electron chi connectivity index (χ3n) is 2.98. The summed E-state index contributed by atoms with van der Waals surface area (Å²) in [5.74, 6) is -0.340. The van der Waals surface area contributed by atoms with Crippen LogP contribution < -0.4 is 11.1 Å². The summed E-state index contributed by atoms with van der Waals surface area (Å²) in [6.45, 7) is 2.88. The standard InChI is InChI=1S/C15H25N3O2/c1-18(2)9-11-20-10-8-17-15(19)14(12-16)13-6-4-3-5-7-13/h3-7,14H,8-12,16H2,1-2H3,(H,17,19). The van der Waals surface area contributed by atoms with Crippen LogP contribution in [0.5, 0.6) is 0 Å². The van der Waals surface area contributed by atoms with Gasteiger partial charge in [-0.1, -0.05) is 30.3 Å². The van der Waals surface area contributed by atoms with E-state index >= 15 is 0 Å². The quantitative estimate of drug-likeness (QED) is 0.643. The predicted molar refractivity (Wildman–Crippen MR) is 80.6 cm³/mol. The number of nitrogens with one attached hydrogen (secondary N) is 1. The van der Waals surface area contributed by atoms with Gasteiger partial charge in [-0.05, 0) is 19.7 Å². The van der Waals surface area contributed by atoms with Crippen LogP contribution in [0.25, 0.3) is 0 Å². The van der Waals surface area contributed by atoms with E-state index < -0.39 is 0 Å². The fourth-order valence-electron chi connectivity index (χ4n) is 1.80. The van der Waals surface area contributed by atoms with Gasteiger partial charge in [0.25, 0.3) is 0 Å². The molecule has 1 unspecified atom stereocenters. The number of carbonyl (C=O) groups is 1. The molecule has 1 amide bonds. The molecule has 0 aliphatic carbocycles. The molecular weight excluding hydrogens is 254 g/mol. The van der Waals surface area contributed by atoms with E-state index in [2.05, 4.69) is 10.2 Å². The summed E-state index contributed by atoms with van der Waals surface area (Å²) >= 11 is 0. The molecular formula is C15H25N3O2. The van der Waals surface area contributed by atoms with Crippen LogP contribution in [0.15, 0.2) is 30.3 Å². The van der Waals surface area contributed by atoms with Crippen molar-refractivity contribution < 1.29 is 9.53 Å². The summed E-state index contributed by atoms with van der Waals surface area (Å²) in [5.41, 5.74) is 6.64. The van der Waals surface area contributed by atoms with Crippen molar-refractivity contribution in [1.29, 1.82) is 0 Å². The molecule has 0 radical (unpaired) electrons. The summed E-state index contributed by atoms with van der Waals surface area (Å²) in [7, 11) is 3.99. The topological polar surface area (TPSA) is 67.6 Å². The molecule has 0 spiro atoms. The normalized spacial score (nSPS) is 12.4. The van der Waals surface area contributed by atoms with Crippen LogP contribution in [0.1, 0.15) is 11.5 Å². The molecule has 0 aliphatic heterocycles. The molecule has 0 aliphatic rings. The van der Waals surface area contributed by atoms with Crippen molar-refractivity contribution >= 4 is 5.91 Å². The molecule has 20 heavy (non-hydrogen) atoms. The molecule has 5 nitrogen and oxygen atoms in total. The number of nitrogens with two attached hydrogens (primary N) is 1. The second kappa shape index (κ2) is 9.47. The highest BCUT2D eigenvalue weighted by Gasteiger charge is 2.17. The monoisotopic (exact) mass is 279 g/mol. The Morgan fingerprint density at radius 2 is 2.00 bits per heavy atom. The Balaban J connectivity index is 2.27. The van der Waals surface area contributed by atoms with Crippen LogP contribution in [0, 0.1) is 0 Å². The average Bonchev–Trinajstić information content (AvgIpc) is 2.44. The number of nitrogens with zero attached hydrogens (tertiary/aromatic N) is 1. The zero-order valence-corrected chi connectivity index (χ0v) is 12.3. The molecule has 0 bridgehead atoms. The first-order chi connectivity index (χ1) is 9.65. The van der Waals surface area contributed by atoms with Gasteiger partial charge in [0.1, 0.15) is 0 Å². The lowest BCUT2D eigenvalue weighted by Gasteiger charge is -2.15. The van der Waals surface area contributed by atoms with Gasteiger partial charge in [-0.15, -0.1) is 0 Å². The summed E-state index contributed by atoms with van der Waals surface area (Å²) in [6.07, 6.45) is 0. The fraction of sp³-hybridized carbons (Fsp3) is 0.533. The highest BCUT2D eigenvalue weighted by atomic mass is 16.5. The summed E-state index contributed by atoms with van der Waals surface area (Å²) in [5, 5.41) is 2.86. The Morgan fingerprint density at radius 1 is 1.30 bits per heavy atom. The van der Waals surface area contributed by atoms with E-state index in [4.69, 9.17) is 10.5 Å². The second-order valence-corrected chi connectivity index (χ2v) is 4.91. The highest BCUT2D eigenvalue weighted by molar-refractivity contribution is 5.83. The Morgan fingerprint density at radius 3 is 2.60 bits per heavy atom. The molecule has 1 aromatic rings. The number of likely N-dealkylation sites (N-methyl/N-ethyl adjacent to an activating group) is 1. The van der Waals surface area contributed by atoms with Gasteiger partial charge in [-0.2, -0.15) is 0 Å². The molecule has 1 aromatic carbocycles. The van der Waals surface area contributed by atoms with E-state index in [1.165, 1.54) is 0 Å². The van der Waals surface area contributed by atoms with Gasteiger partial charge in [0.2, 0.25) is 5.91 Å². The van der Waals surface area contributed by atoms with E-state index in [0.29, 0.717) is 26.3 Å². The van der Waals surface area contributed by atoms with E-state index in [-0.39, 0.29) is 11.8 Å². The number of hydrogen-bond acceptors (Lipinski definition) is 4. The minimum absolute atomic E-state index is 0.0464. The molecule has 5 heteroatoms. The van der Waals surface area contributed by atoms with Crippen molar-refractivity contribution in [2.45, 2.75) is 5.92 Å². The maximum Gasteiger partial charge on any atom is 0.228 e. The van der Waals surface area contributed by atoms with E-state index in [1.54, 1.807) is 0 Å². The number of amides is 1. The van der Waals surface area contributed by atoms with E-state index in [9.17, 15) is 4.79 Å². The van der Waals surface area contributed by atoms with Crippen LogP contribution in [-0.4, -0.2) is 57.8 Å². The molecule has 3 N–H and O–H groups in total. The Labute approximate surface area is 121 Å². The SMILES string of the molecule is CN(C)CCOCCNC(=O)C(CN)c1ccccc1. The number of benzene rings is 1. The second-order valence-electron chi connectivity index (χ2n) is 4.91. The van der Waals surface area contributed by atoms with Gasteiger partial charge in [-0.3, -0.25) is 4.79 Å². The van der Waals surface area contributed by atoms with Gasteiger partial charge < -0.3 is 20.7 Å². The highest BCUT2D eigenvalue weighted by Crippen LogP contribution is 2.13. The molecule has 0 aromatic heterocycles. The lowest BCUT2D eigenvalue weighted by molar-refractivity contribution is -0.122. The molecule has 112 valence electrons. The maximum absolute atomic E-state index is 12.1. The molecule has 1 rings (SSSR count). The maximum atomic E-state index is 12.1. The van der Waals surface area contributed by atoms with Crippen LogP contribution in [-0.2, 0) is 9.53 Å². The Bertz CT molecular complexity index is 382. The minimum Gasteiger partial charge on any atom is -0.378 e. The molecule has 1 atom stereocenters. The average molecular weight is 279 g/mol. The lowest BCUT2D eigenvalue weighted by Crippen LogP contribution is -2.35. The van der Waals surface area contributed by atoms with Crippen LogP contribution in [0.3, 0.4) is 0 Å². The van der Waals surface area contributed by atoms with Crippen LogP contribution >= 0.6 is 0 Å². The van der Waals surface area contributed by atoms with Crippen molar-refractivity contribution in [3.63, 3.8) is 0 Å². The molecule has 0 saturated carbocycles. The lowest BCUT2D eigenvalue weighted by atomic mass is 9.98. The first-order valence-electron chi connectivity index (χ1n) is 6.90. The first kappa shape index (κ1) is 16.6. The first-order valence-corrected chi connectivity index (χ1v) is 6.90. The van der Waals surface area contributed by atoms with Crippen molar-refractivity contribution in [1.82, 2.24) is 10.2 Å². The number of ether oxygens (including phenoxy) is 1. The number of hydrogen-bond donors (Lipinski definition) is 2. The van der Waals surface area contributed by atoms with E-state index in [0.717, 1.165) is 12.1 Å². The van der Waals surface area contributed by atoms with Crippen LogP contribution in [0.2, 0.25) is 0 Å². The molecule has 0 saturated heterocycles. The number of carbonyl (C=O) groups excluding carboxylic acids is 1. The summed E-state index contributed by atoms with van der Waals surface area (Å²) < 4.78 is 5.43. The Kier molecular flexibility index (Phi) is 7.87. The van der Waals surface area contributed by atoms with Gasteiger partial charge in [0.15, 0.2) is 0 Å². The zero-order chi connectivity index (χ0) is 14.8. The predicted octanol–water partition coefficient (Wildman–Crippen LogP) is 0.423. The van der Waals surface area contributed by atoms with Crippen molar-refractivity contribution in [3.8, 4) is 0 Å². The summed E-state index contributed by atoms with van der Waals surface area (Å²) in [6, 6.07) is 9.59. The molecule has 0 heterocycles. The molecule has 0 fully saturated rings. The van der Waals surface area contributed by atoms with Gasteiger partial charge in [0, 0.05) is 19.6 Å². The van der Waals surface area contributed by atoms with Crippen molar-refractivity contribution in [2.75, 3.05) is 46.9 Å². The van der Waals surface area contributed by atoms with E-state index in [1.807, 2.05) is 44.4 Å². The fourth-order valence-corrected chi connectivity index (χ4v) is 1.80. The van der Waals surface area contributed by atoms with Gasteiger partial charge in [0.05, 0.1) is 19.1 Å². The smallest absolute Gasteiger partial charge is 0.228 e.